The molecule has 0 unspecified atom stereocenters. The monoisotopic (exact) mass is 316 g/mol. The molecular formula is C19H28N2O2. The van der Waals surface area contributed by atoms with Crippen LogP contribution in [0.3, 0.4) is 0 Å². The van der Waals surface area contributed by atoms with Gasteiger partial charge in [-0.3, -0.25) is 14.5 Å². The lowest BCUT2D eigenvalue weighted by molar-refractivity contribution is -0.117. The molecule has 0 amide bonds. The van der Waals surface area contributed by atoms with E-state index in [2.05, 4.69) is 36.2 Å². The maximum Gasteiger partial charge on any atom is 0.148 e. The second-order valence-electron chi connectivity index (χ2n) is 7.82. The molecule has 0 radical (unpaired) electrons. The lowest BCUT2D eigenvalue weighted by Gasteiger charge is -2.30. The molecule has 2 aliphatic rings. The Balaban J connectivity index is 0.000000203. The van der Waals surface area contributed by atoms with E-state index < -0.39 is 0 Å². The van der Waals surface area contributed by atoms with E-state index in [0.29, 0.717) is 37.5 Å². The number of carbonyl (C=O) groups is 2. The Morgan fingerprint density at radius 3 is 2.04 bits per heavy atom. The molecule has 0 saturated carbocycles. The van der Waals surface area contributed by atoms with Crippen molar-refractivity contribution in [2.45, 2.75) is 58.2 Å². The van der Waals surface area contributed by atoms with Crippen molar-refractivity contribution in [2.24, 2.45) is 0 Å². The standard InChI is InChI=1S/C13H17NO.C6H11NO/c1-13(2)8-12(15)10-14(13)9-11-6-4-3-5-7-11;1-6(2)3-5(8)4-7-6/h3-7H,8-10H2,1-2H3;7H,3-4H2,1-2H3. The molecule has 2 fully saturated rings. The average Bonchev–Trinajstić information content (AvgIpc) is 2.89. The highest BCUT2D eigenvalue weighted by molar-refractivity contribution is 5.84. The molecule has 2 heterocycles. The van der Waals surface area contributed by atoms with Gasteiger partial charge in [0.15, 0.2) is 0 Å². The fourth-order valence-electron chi connectivity index (χ4n) is 3.11. The van der Waals surface area contributed by atoms with Gasteiger partial charge in [0.1, 0.15) is 11.6 Å². The molecule has 126 valence electrons. The first kappa shape index (κ1) is 17.8. The highest BCUT2D eigenvalue weighted by Crippen LogP contribution is 2.27. The van der Waals surface area contributed by atoms with E-state index in [-0.39, 0.29) is 11.1 Å². The quantitative estimate of drug-likeness (QED) is 0.911. The number of likely N-dealkylation sites (tertiary alicyclic amines) is 1. The van der Waals surface area contributed by atoms with Crippen molar-refractivity contribution in [3.05, 3.63) is 35.9 Å². The molecule has 1 N–H and O–H groups in total. The lowest BCUT2D eigenvalue weighted by atomic mass is 10.0. The van der Waals surface area contributed by atoms with E-state index >= 15 is 0 Å². The number of hydrogen-bond acceptors (Lipinski definition) is 4. The smallest absolute Gasteiger partial charge is 0.148 e. The Hall–Kier alpha value is -1.52. The minimum absolute atomic E-state index is 0.0208. The van der Waals surface area contributed by atoms with Crippen LogP contribution in [0.15, 0.2) is 30.3 Å². The van der Waals surface area contributed by atoms with Crippen molar-refractivity contribution in [1.29, 1.82) is 0 Å². The largest absolute Gasteiger partial charge is 0.305 e. The third-order valence-electron chi connectivity index (χ3n) is 4.47. The summed E-state index contributed by atoms with van der Waals surface area (Å²) < 4.78 is 0. The van der Waals surface area contributed by atoms with Crippen LogP contribution in [0.5, 0.6) is 0 Å². The molecule has 23 heavy (non-hydrogen) atoms. The first-order chi connectivity index (χ1) is 10.7. The normalized spacial score (nSPS) is 22.8. The fourth-order valence-corrected chi connectivity index (χ4v) is 3.11. The van der Waals surface area contributed by atoms with Gasteiger partial charge in [-0.05, 0) is 33.3 Å². The molecule has 1 aromatic carbocycles. The molecule has 4 nitrogen and oxygen atoms in total. The van der Waals surface area contributed by atoms with Crippen molar-refractivity contribution >= 4 is 11.6 Å². The Bertz CT molecular complexity index is 564. The SMILES string of the molecule is CC1(C)CC(=O)CN1.CC1(C)CC(=O)CN1Cc1ccccc1. The summed E-state index contributed by atoms with van der Waals surface area (Å²) in [4.78, 5) is 24.3. The summed E-state index contributed by atoms with van der Waals surface area (Å²) in [5.74, 6) is 0.686. The first-order valence-electron chi connectivity index (χ1n) is 8.25. The molecule has 2 saturated heterocycles. The number of ketones is 2. The van der Waals surface area contributed by atoms with Crippen molar-refractivity contribution in [2.75, 3.05) is 13.1 Å². The van der Waals surface area contributed by atoms with Gasteiger partial charge >= 0.3 is 0 Å². The first-order valence-corrected chi connectivity index (χ1v) is 8.25. The Morgan fingerprint density at radius 1 is 1.00 bits per heavy atom. The van der Waals surface area contributed by atoms with Gasteiger partial charge in [-0.1, -0.05) is 30.3 Å². The van der Waals surface area contributed by atoms with Gasteiger partial charge in [-0.25, -0.2) is 0 Å². The third-order valence-corrected chi connectivity index (χ3v) is 4.47. The molecular weight excluding hydrogens is 288 g/mol. The van der Waals surface area contributed by atoms with Crippen molar-refractivity contribution in [3.8, 4) is 0 Å². The number of carbonyl (C=O) groups excluding carboxylic acids is 2. The van der Waals surface area contributed by atoms with Crippen LogP contribution in [-0.2, 0) is 16.1 Å². The van der Waals surface area contributed by atoms with E-state index in [1.54, 1.807) is 0 Å². The van der Waals surface area contributed by atoms with Crippen LogP contribution in [0.4, 0.5) is 0 Å². The molecule has 2 aliphatic heterocycles. The predicted molar refractivity (Wildman–Crippen MR) is 92.3 cm³/mol. The van der Waals surface area contributed by atoms with E-state index in [1.165, 1.54) is 5.56 Å². The van der Waals surface area contributed by atoms with Gasteiger partial charge in [0, 0.05) is 30.5 Å². The van der Waals surface area contributed by atoms with Gasteiger partial charge < -0.3 is 5.32 Å². The predicted octanol–water partition coefficient (Wildman–Crippen LogP) is 2.57. The van der Waals surface area contributed by atoms with E-state index in [4.69, 9.17) is 0 Å². The minimum Gasteiger partial charge on any atom is -0.305 e. The highest BCUT2D eigenvalue weighted by Gasteiger charge is 2.36. The second kappa shape index (κ2) is 6.93. The summed E-state index contributed by atoms with van der Waals surface area (Å²) >= 11 is 0. The van der Waals surface area contributed by atoms with Crippen molar-refractivity contribution in [1.82, 2.24) is 10.2 Å². The van der Waals surface area contributed by atoms with Crippen molar-refractivity contribution in [3.63, 3.8) is 0 Å². The molecule has 0 atom stereocenters. The average molecular weight is 316 g/mol. The highest BCUT2D eigenvalue weighted by atomic mass is 16.1. The maximum atomic E-state index is 11.4. The summed E-state index contributed by atoms with van der Waals surface area (Å²) in [6, 6.07) is 10.3. The third kappa shape index (κ3) is 5.26. The second-order valence-corrected chi connectivity index (χ2v) is 7.82. The Labute approximate surface area is 139 Å². The van der Waals surface area contributed by atoms with Crippen LogP contribution in [0.1, 0.15) is 46.1 Å². The van der Waals surface area contributed by atoms with Gasteiger partial charge in [0.25, 0.3) is 0 Å². The lowest BCUT2D eigenvalue weighted by Crippen LogP contribution is -2.37. The molecule has 0 bridgehead atoms. The zero-order valence-electron chi connectivity index (χ0n) is 14.7. The molecule has 0 spiro atoms. The van der Waals surface area contributed by atoms with Gasteiger partial charge in [0.05, 0.1) is 13.1 Å². The number of hydrogen-bond donors (Lipinski definition) is 1. The number of benzene rings is 1. The molecule has 1 aromatic rings. The summed E-state index contributed by atoms with van der Waals surface area (Å²) in [6.45, 7) is 10.4. The van der Waals surface area contributed by atoms with Crippen LogP contribution >= 0.6 is 0 Å². The van der Waals surface area contributed by atoms with Gasteiger partial charge in [-0.15, -0.1) is 0 Å². The summed E-state index contributed by atoms with van der Waals surface area (Å²) in [6.07, 6.45) is 1.37. The number of Topliss-reactive ketones (excluding diaryl/α,β-unsaturated/α-hetero) is 2. The maximum absolute atomic E-state index is 11.4. The molecule has 0 aliphatic carbocycles. The number of nitrogens with zero attached hydrogens (tertiary/aromatic N) is 1. The van der Waals surface area contributed by atoms with Crippen LogP contribution in [0, 0.1) is 0 Å². The van der Waals surface area contributed by atoms with Crippen LogP contribution in [-0.4, -0.2) is 40.6 Å². The molecule has 3 rings (SSSR count). The molecule has 4 heteroatoms. The van der Waals surface area contributed by atoms with Gasteiger partial charge in [-0.2, -0.15) is 0 Å². The zero-order valence-corrected chi connectivity index (χ0v) is 14.7. The Kier molecular flexibility index (Phi) is 5.37. The topological polar surface area (TPSA) is 49.4 Å². The van der Waals surface area contributed by atoms with Crippen LogP contribution in [0.25, 0.3) is 0 Å². The van der Waals surface area contributed by atoms with E-state index in [0.717, 1.165) is 6.54 Å². The summed E-state index contributed by atoms with van der Waals surface area (Å²) in [7, 11) is 0. The van der Waals surface area contributed by atoms with Gasteiger partial charge in [0.2, 0.25) is 0 Å². The van der Waals surface area contributed by atoms with Crippen molar-refractivity contribution < 1.29 is 9.59 Å². The zero-order chi connectivity index (χ0) is 17.1. The summed E-state index contributed by atoms with van der Waals surface area (Å²) in [5.41, 5.74) is 1.37. The molecule has 0 aromatic heterocycles. The number of nitrogens with one attached hydrogen (secondary N) is 1. The Morgan fingerprint density at radius 2 is 1.65 bits per heavy atom. The van der Waals surface area contributed by atoms with E-state index in [1.807, 2.05) is 32.0 Å². The van der Waals surface area contributed by atoms with Crippen LogP contribution < -0.4 is 5.32 Å². The number of rotatable bonds is 2. The van der Waals surface area contributed by atoms with E-state index in [9.17, 15) is 9.59 Å². The fraction of sp³-hybridized carbons (Fsp3) is 0.579. The summed E-state index contributed by atoms with van der Waals surface area (Å²) in [5, 5.41) is 3.10. The van der Waals surface area contributed by atoms with Crippen LogP contribution in [0.2, 0.25) is 0 Å². The minimum atomic E-state index is 0.0208.